The molecule has 2 aromatic rings. The number of methoxy groups -OCH3 is 1. The maximum absolute atomic E-state index is 5.94. The lowest BCUT2D eigenvalue weighted by Gasteiger charge is -2.38. The Morgan fingerprint density at radius 3 is 2.44 bits per heavy atom. The molecule has 1 saturated heterocycles. The van der Waals surface area contributed by atoms with Gasteiger partial charge in [-0.05, 0) is 30.2 Å². The molecule has 27 heavy (non-hydrogen) atoms. The van der Waals surface area contributed by atoms with Crippen LogP contribution in [0.25, 0.3) is 0 Å². The van der Waals surface area contributed by atoms with E-state index in [0.717, 1.165) is 57.3 Å². The normalized spacial score (nSPS) is 19.1. The number of piperazine rings is 1. The highest BCUT2D eigenvalue weighted by atomic mass is 35.5. The van der Waals surface area contributed by atoms with Crippen molar-refractivity contribution in [1.82, 2.24) is 4.90 Å². The summed E-state index contributed by atoms with van der Waals surface area (Å²) in [4.78, 5) is 5.01. The maximum atomic E-state index is 5.94. The van der Waals surface area contributed by atoms with E-state index >= 15 is 0 Å². The Labute approximate surface area is 174 Å². The van der Waals surface area contributed by atoms with Gasteiger partial charge in [0.25, 0.3) is 0 Å². The molecule has 6 heteroatoms. The highest BCUT2D eigenvalue weighted by Crippen LogP contribution is 2.30. The second-order valence-corrected chi connectivity index (χ2v) is 6.95. The molecule has 0 radical (unpaired) electrons. The number of ether oxygens (including phenoxy) is 2. The van der Waals surface area contributed by atoms with Crippen LogP contribution in [0.5, 0.6) is 11.5 Å². The van der Waals surface area contributed by atoms with Crippen molar-refractivity contribution < 1.29 is 9.47 Å². The molecular formula is C21H28Cl2N2O2. The maximum Gasteiger partial charge on any atom is 0.142 e. The minimum absolute atomic E-state index is 0. The summed E-state index contributed by atoms with van der Waals surface area (Å²) in [5.41, 5.74) is 2.56. The van der Waals surface area contributed by atoms with Crippen LogP contribution in [-0.4, -0.2) is 51.3 Å². The van der Waals surface area contributed by atoms with Gasteiger partial charge in [0.15, 0.2) is 0 Å². The van der Waals surface area contributed by atoms with E-state index in [2.05, 4.69) is 46.2 Å². The predicted octanol–water partition coefficient (Wildman–Crippen LogP) is 3.91. The van der Waals surface area contributed by atoms with Gasteiger partial charge in [-0.25, -0.2) is 0 Å². The van der Waals surface area contributed by atoms with E-state index < -0.39 is 0 Å². The minimum atomic E-state index is 0. The summed E-state index contributed by atoms with van der Waals surface area (Å²) >= 11 is 0. The summed E-state index contributed by atoms with van der Waals surface area (Å²) in [6, 6.07) is 16.7. The Kier molecular flexibility index (Phi) is 8.08. The van der Waals surface area contributed by atoms with Crippen molar-refractivity contribution in [3.63, 3.8) is 0 Å². The summed E-state index contributed by atoms with van der Waals surface area (Å²) in [7, 11) is 1.75. The van der Waals surface area contributed by atoms with Gasteiger partial charge < -0.3 is 14.4 Å². The lowest BCUT2D eigenvalue weighted by molar-refractivity contribution is 0.154. The standard InChI is InChI=1S/C21H26N2O2.2ClH/c1-24-21-9-5-3-7-19(21)23-12-10-22(11-13-23)15-17-14-18-6-2-4-8-20(18)25-16-17;;/h2-9,17H,10-16H2,1H3;2*1H. The van der Waals surface area contributed by atoms with Gasteiger partial charge in [0.05, 0.1) is 19.4 Å². The molecule has 0 N–H and O–H groups in total. The third-order valence-corrected chi connectivity index (χ3v) is 5.27. The van der Waals surface area contributed by atoms with E-state index in [1.54, 1.807) is 7.11 Å². The number of hydrogen-bond donors (Lipinski definition) is 0. The summed E-state index contributed by atoms with van der Waals surface area (Å²) in [6.07, 6.45) is 1.13. The Morgan fingerprint density at radius 2 is 1.67 bits per heavy atom. The number of anilines is 1. The first-order valence-electron chi connectivity index (χ1n) is 9.14. The van der Waals surface area contributed by atoms with Gasteiger partial charge in [-0.3, -0.25) is 4.90 Å². The SMILES string of the molecule is COc1ccccc1N1CCN(CC2COc3ccccc3C2)CC1.Cl.Cl. The molecule has 1 fully saturated rings. The van der Waals surface area contributed by atoms with Crippen molar-refractivity contribution in [3.8, 4) is 11.5 Å². The number of hydrogen-bond acceptors (Lipinski definition) is 4. The average Bonchev–Trinajstić information content (AvgIpc) is 2.68. The monoisotopic (exact) mass is 410 g/mol. The van der Waals surface area contributed by atoms with Crippen LogP contribution in [-0.2, 0) is 6.42 Å². The minimum Gasteiger partial charge on any atom is -0.495 e. The number of rotatable bonds is 4. The fourth-order valence-corrected chi connectivity index (χ4v) is 3.94. The lowest BCUT2D eigenvalue weighted by Crippen LogP contribution is -2.48. The molecule has 2 aromatic carbocycles. The Bertz CT molecular complexity index is 721. The van der Waals surface area contributed by atoms with Crippen molar-refractivity contribution in [2.75, 3.05) is 51.3 Å². The zero-order chi connectivity index (χ0) is 17.1. The highest BCUT2D eigenvalue weighted by Gasteiger charge is 2.25. The predicted molar refractivity (Wildman–Crippen MR) is 115 cm³/mol. The van der Waals surface area contributed by atoms with Gasteiger partial charge in [0.1, 0.15) is 11.5 Å². The quantitative estimate of drug-likeness (QED) is 0.762. The molecule has 2 aliphatic heterocycles. The zero-order valence-corrected chi connectivity index (χ0v) is 17.3. The largest absolute Gasteiger partial charge is 0.495 e. The van der Waals surface area contributed by atoms with Crippen molar-refractivity contribution in [1.29, 1.82) is 0 Å². The van der Waals surface area contributed by atoms with Crippen LogP contribution >= 0.6 is 24.8 Å². The number of benzene rings is 2. The van der Waals surface area contributed by atoms with Crippen LogP contribution in [0.2, 0.25) is 0 Å². The Morgan fingerprint density at radius 1 is 0.963 bits per heavy atom. The van der Waals surface area contributed by atoms with Crippen LogP contribution in [0.4, 0.5) is 5.69 Å². The van der Waals surface area contributed by atoms with Crippen molar-refractivity contribution in [3.05, 3.63) is 54.1 Å². The second kappa shape index (κ2) is 10.1. The topological polar surface area (TPSA) is 24.9 Å². The molecule has 2 heterocycles. The molecule has 0 aliphatic carbocycles. The van der Waals surface area contributed by atoms with E-state index in [4.69, 9.17) is 9.47 Å². The zero-order valence-electron chi connectivity index (χ0n) is 15.7. The van der Waals surface area contributed by atoms with Crippen LogP contribution in [0.1, 0.15) is 5.56 Å². The molecule has 1 atom stereocenters. The summed E-state index contributed by atoms with van der Waals surface area (Å²) in [5, 5.41) is 0. The van der Waals surface area contributed by atoms with Gasteiger partial charge in [-0.15, -0.1) is 24.8 Å². The number of para-hydroxylation sites is 3. The van der Waals surface area contributed by atoms with E-state index in [1.807, 2.05) is 12.1 Å². The van der Waals surface area contributed by atoms with Crippen LogP contribution in [0.3, 0.4) is 0 Å². The molecular weight excluding hydrogens is 383 g/mol. The van der Waals surface area contributed by atoms with Gasteiger partial charge in [-0.2, -0.15) is 0 Å². The fourth-order valence-electron chi connectivity index (χ4n) is 3.94. The van der Waals surface area contributed by atoms with E-state index in [0.29, 0.717) is 5.92 Å². The first kappa shape index (κ1) is 21.7. The summed E-state index contributed by atoms with van der Waals surface area (Å²) in [6.45, 7) is 6.24. The third kappa shape index (κ3) is 5.01. The third-order valence-electron chi connectivity index (χ3n) is 5.27. The highest BCUT2D eigenvalue weighted by molar-refractivity contribution is 5.85. The summed E-state index contributed by atoms with van der Waals surface area (Å²) in [5.74, 6) is 2.63. The second-order valence-electron chi connectivity index (χ2n) is 6.95. The number of halogens is 2. The smallest absolute Gasteiger partial charge is 0.142 e. The average molecular weight is 411 g/mol. The van der Waals surface area contributed by atoms with Gasteiger partial charge in [0.2, 0.25) is 0 Å². The van der Waals surface area contributed by atoms with Crippen LogP contribution in [0, 0.1) is 5.92 Å². The molecule has 2 aliphatic rings. The molecule has 0 spiro atoms. The number of fused-ring (bicyclic) bond motifs is 1. The number of nitrogens with zero attached hydrogens (tertiary/aromatic N) is 2. The Balaban J connectivity index is 0.00000131. The molecule has 0 bridgehead atoms. The first-order valence-corrected chi connectivity index (χ1v) is 9.14. The van der Waals surface area contributed by atoms with E-state index in [9.17, 15) is 0 Å². The molecule has 1 unspecified atom stereocenters. The molecule has 148 valence electrons. The first-order chi connectivity index (χ1) is 12.3. The molecule has 4 nitrogen and oxygen atoms in total. The van der Waals surface area contributed by atoms with Gasteiger partial charge in [-0.1, -0.05) is 30.3 Å². The van der Waals surface area contributed by atoms with E-state index in [-0.39, 0.29) is 24.8 Å². The molecule has 0 saturated carbocycles. The molecule has 0 amide bonds. The van der Waals surface area contributed by atoms with Crippen LogP contribution < -0.4 is 14.4 Å². The van der Waals surface area contributed by atoms with Gasteiger partial charge in [0, 0.05) is 38.6 Å². The fraction of sp³-hybridized carbons (Fsp3) is 0.429. The lowest BCUT2D eigenvalue weighted by atomic mass is 9.96. The van der Waals surface area contributed by atoms with Crippen molar-refractivity contribution >= 4 is 30.5 Å². The Hall–Kier alpha value is -1.62. The van der Waals surface area contributed by atoms with E-state index in [1.165, 1.54) is 11.3 Å². The van der Waals surface area contributed by atoms with Crippen LogP contribution in [0.15, 0.2) is 48.5 Å². The van der Waals surface area contributed by atoms with Crippen molar-refractivity contribution in [2.24, 2.45) is 5.92 Å². The van der Waals surface area contributed by atoms with Crippen molar-refractivity contribution in [2.45, 2.75) is 6.42 Å². The molecule has 0 aromatic heterocycles. The van der Waals surface area contributed by atoms with Gasteiger partial charge >= 0.3 is 0 Å². The molecule has 4 rings (SSSR count). The summed E-state index contributed by atoms with van der Waals surface area (Å²) < 4.78 is 11.5.